The van der Waals surface area contributed by atoms with Crippen LogP contribution in [0.4, 0.5) is 11.6 Å². The molecule has 0 fully saturated rings. The molecule has 0 unspecified atom stereocenters. The predicted molar refractivity (Wildman–Crippen MR) is 87.1 cm³/mol. The molecule has 0 bridgehead atoms. The van der Waals surface area contributed by atoms with Crippen molar-refractivity contribution < 1.29 is 4.74 Å². The highest BCUT2D eigenvalue weighted by Crippen LogP contribution is 2.16. The minimum Gasteiger partial charge on any atom is -0.382 e. The van der Waals surface area contributed by atoms with Crippen LogP contribution in [0, 0.1) is 0 Å². The van der Waals surface area contributed by atoms with Crippen molar-refractivity contribution in [3.63, 3.8) is 0 Å². The fourth-order valence-electron chi connectivity index (χ4n) is 2.27. The summed E-state index contributed by atoms with van der Waals surface area (Å²) < 4.78 is 7.50. The number of nitrogens with one attached hydrogen (secondary N) is 1. The Kier molecular flexibility index (Phi) is 6.28. The van der Waals surface area contributed by atoms with Crippen LogP contribution in [0.25, 0.3) is 0 Å². The van der Waals surface area contributed by atoms with Crippen molar-refractivity contribution in [3.8, 4) is 0 Å². The molecule has 2 aromatic rings. The van der Waals surface area contributed by atoms with E-state index in [1.54, 1.807) is 0 Å². The van der Waals surface area contributed by atoms with Crippen LogP contribution in [-0.2, 0) is 17.7 Å². The number of nitrogens with zero attached hydrogens (tertiary/aromatic N) is 2. The summed E-state index contributed by atoms with van der Waals surface area (Å²) in [7, 11) is 0. The van der Waals surface area contributed by atoms with Gasteiger partial charge in [0.05, 0.1) is 0 Å². The van der Waals surface area contributed by atoms with Crippen molar-refractivity contribution in [2.24, 2.45) is 0 Å². The van der Waals surface area contributed by atoms with Gasteiger partial charge in [0.1, 0.15) is 0 Å². The summed E-state index contributed by atoms with van der Waals surface area (Å²) in [6.07, 6.45) is 7.13. The molecule has 0 aliphatic carbocycles. The number of imidazole rings is 1. The van der Waals surface area contributed by atoms with Gasteiger partial charge in [0.25, 0.3) is 0 Å². The molecular formula is C17H25N3O. The second-order valence-electron chi connectivity index (χ2n) is 5.07. The molecule has 0 atom stereocenters. The van der Waals surface area contributed by atoms with E-state index in [4.69, 9.17) is 4.74 Å². The van der Waals surface area contributed by atoms with Crippen LogP contribution in [0.1, 0.15) is 32.3 Å². The predicted octanol–water partition coefficient (Wildman–Crippen LogP) is 4.01. The Balaban J connectivity index is 1.91. The third-order valence-corrected chi connectivity index (χ3v) is 3.36. The third kappa shape index (κ3) is 4.90. The summed E-state index contributed by atoms with van der Waals surface area (Å²) in [5, 5.41) is 3.37. The highest BCUT2D eigenvalue weighted by Gasteiger charge is 2.03. The van der Waals surface area contributed by atoms with Crippen LogP contribution >= 0.6 is 0 Å². The van der Waals surface area contributed by atoms with E-state index in [-0.39, 0.29) is 0 Å². The lowest BCUT2D eigenvalue weighted by Gasteiger charge is -2.10. The maximum absolute atomic E-state index is 5.37. The molecule has 21 heavy (non-hydrogen) atoms. The Morgan fingerprint density at radius 3 is 2.71 bits per heavy atom. The molecular weight excluding hydrogens is 262 g/mol. The number of hydrogen-bond donors (Lipinski definition) is 1. The van der Waals surface area contributed by atoms with Gasteiger partial charge in [0, 0.05) is 37.8 Å². The van der Waals surface area contributed by atoms with Gasteiger partial charge in [0.2, 0.25) is 5.95 Å². The normalized spacial score (nSPS) is 10.8. The van der Waals surface area contributed by atoms with E-state index in [2.05, 4.69) is 46.1 Å². The molecule has 1 heterocycles. The average molecular weight is 287 g/mol. The zero-order valence-electron chi connectivity index (χ0n) is 13.0. The van der Waals surface area contributed by atoms with Crippen molar-refractivity contribution in [1.29, 1.82) is 0 Å². The van der Waals surface area contributed by atoms with Crippen LogP contribution in [0.5, 0.6) is 0 Å². The smallest absolute Gasteiger partial charge is 0.207 e. The van der Waals surface area contributed by atoms with Gasteiger partial charge in [-0.15, -0.1) is 0 Å². The van der Waals surface area contributed by atoms with E-state index in [9.17, 15) is 0 Å². The monoisotopic (exact) mass is 287 g/mol. The molecule has 1 aromatic heterocycles. The van der Waals surface area contributed by atoms with Crippen LogP contribution in [-0.4, -0.2) is 22.8 Å². The fraction of sp³-hybridized carbons (Fsp3) is 0.471. The zero-order valence-corrected chi connectivity index (χ0v) is 13.0. The minimum atomic E-state index is 0.777. The van der Waals surface area contributed by atoms with Gasteiger partial charge in [0.15, 0.2) is 0 Å². The zero-order chi connectivity index (χ0) is 14.9. The van der Waals surface area contributed by atoms with Gasteiger partial charge in [-0.2, -0.15) is 0 Å². The van der Waals surface area contributed by atoms with Crippen molar-refractivity contribution in [2.75, 3.05) is 18.5 Å². The molecule has 0 aliphatic rings. The minimum absolute atomic E-state index is 0.777. The van der Waals surface area contributed by atoms with E-state index in [0.29, 0.717) is 0 Å². The highest BCUT2D eigenvalue weighted by molar-refractivity contribution is 5.54. The van der Waals surface area contributed by atoms with E-state index in [1.807, 2.05) is 19.3 Å². The van der Waals surface area contributed by atoms with Gasteiger partial charge in [-0.05, 0) is 37.5 Å². The van der Waals surface area contributed by atoms with Crippen molar-refractivity contribution in [2.45, 2.75) is 39.7 Å². The summed E-state index contributed by atoms with van der Waals surface area (Å²) in [4.78, 5) is 4.38. The van der Waals surface area contributed by atoms with Gasteiger partial charge in [-0.1, -0.05) is 25.5 Å². The molecule has 4 heteroatoms. The van der Waals surface area contributed by atoms with Crippen molar-refractivity contribution in [3.05, 3.63) is 42.2 Å². The van der Waals surface area contributed by atoms with E-state index in [0.717, 1.165) is 44.2 Å². The Bertz CT molecular complexity index is 519. The van der Waals surface area contributed by atoms with Gasteiger partial charge < -0.3 is 14.6 Å². The Labute approximate surface area is 127 Å². The standard InChI is InChI=1S/C17H25N3O/c1-3-6-15-7-9-16(10-8-15)19-17-18-11-13-20(17)12-5-14-21-4-2/h7-11,13H,3-6,12,14H2,1-2H3,(H,18,19). The van der Waals surface area contributed by atoms with Crippen molar-refractivity contribution >= 4 is 11.6 Å². The molecule has 0 spiro atoms. The molecule has 0 radical (unpaired) electrons. The number of aryl methyl sites for hydroxylation is 2. The first kappa shape index (κ1) is 15.6. The van der Waals surface area contributed by atoms with E-state index in [1.165, 1.54) is 12.0 Å². The molecule has 2 rings (SSSR count). The lowest BCUT2D eigenvalue weighted by molar-refractivity contribution is 0.142. The molecule has 1 N–H and O–H groups in total. The molecule has 4 nitrogen and oxygen atoms in total. The number of rotatable bonds is 9. The second kappa shape index (κ2) is 8.47. The SMILES string of the molecule is CCCc1ccc(Nc2nccn2CCCOCC)cc1. The Hall–Kier alpha value is -1.81. The molecule has 0 amide bonds. The van der Waals surface area contributed by atoms with Crippen LogP contribution in [0.15, 0.2) is 36.7 Å². The largest absolute Gasteiger partial charge is 0.382 e. The summed E-state index contributed by atoms with van der Waals surface area (Å²) in [6.45, 7) is 6.70. The first-order valence-corrected chi connectivity index (χ1v) is 7.78. The number of benzene rings is 1. The third-order valence-electron chi connectivity index (χ3n) is 3.36. The van der Waals surface area contributed by atoms with Gasteiger partial charge in [-0.25, -0.2) is 4.98 Å². The number of anilines is 2. The van der Waals surface area contributed by atoms with Crippen LogP contribution in [0.2, 0.25) is 0 Å². The summed E-state index contributed by atoms with van der Waals surface area (Å²) >= 11 is 0. The average Bonchev–Trinajstić information content (AvgIpc) is 2.93. The molecule has 114 valence electrons. The highest BCUT2D eigenvalue weighted by atomic mass is 16.5. The molecule has 1 aromatic carbocycles. The number of ether oxygens (including phenoxy) is 1. The first-order valence-electron chi connectivity index (χ1n) is 7.78. The molecule has 0 saturated carbocycles. The van der Waals surface area contributed by atoms with Gasteiger partial charge in [-0.3, -0.25) is 0 Å². The maximum Gasteiger partial charge on any atom is 0.207 e. The lowest BCUT2D eigenvalue weighted by Crippen LogP contribution is -2.06. The Morgan fingerprint density at radius 2 is 2.00 bits per heavy atom. The van der Waals surface area contributed by atoms with E-state index < -0.39 is 0 Å². The first-order chi connectivity index (χ1) is 10.3. The summed E-state index contributed by atoms with van der Waals surface area (Å²) in [5.41, 5.74) is 2.45. The van der Waals surface area contributed by atoms with Gasteiger partial charge >= 0.3 is 0 Å². The second-order valence-corrected chi connectivity index (χ2v) is 5.07. The maximum atomic E-state index is 5.37. The number of hydrogen-bond acceptors (Lipinski definition) is 3. The Morgan fingerprint density at radius 1 is 1.19 bits per heavy atom. The quantitative estimate of drug-likeness (QED) is 0.708. The number of aromatic nitrogens is 2. The van der Waals surface area contributed by atoms with Crippen molar-refractivity contribution in [1.82, 2.24) is 9.55 Å². The summed E-state index contributed by atoms with van der Waals surface area (Å²) in [6, 6.07) is 8.58. The van der Waals surface area contributed by atoms with Crippen LogP contribution in [0.3, 0.4) is 0 Å². The summed E-state index contributed by atoms with van der Waals surface area (Å²) in [5.74, 6) is 0.884. The molecule has 0 saturated heterocycles. The fourth-order valence-corrected chi connectivity index (χ4v) is 2.27. The topological polar surface area (TPSA) is 39.1 Å². The molecule has 0 aliphatic heterocycles. The van der Waals surface area contributed by atoms with Crippen LogP contribution < -0.4 is 5.32 Å². The van der Waals surface area contributed by atoms with E-state index >= 15 is 0 Å². The lowest BCUT2D eigenvalue weighted by atomic mass is 10.1.